The third-order valence-corrected chi connectivity index (χ3v) is 2.72. The molecular weight excluding hydrogens is 258 g/mol. The smallest absolute Gasteiger partial charge is 0.333 e. The highest BCUT2D eigenvalue weighted by Crippen LogP contribution is 2.21. The molecule has 102 valence electrons. The Morgan fingerprint density at radius 1 is 1.20 bits per heavy atom. The van der Waals surface area contributed by atoms with E-state index < -0.39 is 12.0 Å². The van der Waals surface area contributed by atoms with Crippen LogP contribution >= 0.6 is 0 Å². The van der Waals surface area contributed by atoms with E-state index in [1.54, 1.807) is 24.3 Å². The Labute approximate surface area is 117 Å². The second-order valence-corrected chi connectivity index (χ2v) is 4.15. The van der Waals surface area contributed by atoms with Crippen molar-refractivity contribution >= 4 is 12.2 Å². The summed E-state index contributed by atoms with van der Waals surface area (Å²) in [5.74, 6) is -0.767. The van der Waals surface area contributed by atoms with E-state index in [1.165, 1.54) is 30.5 Å². The summed E-state index contributed by atoms with van der Waals surface area (Å²) < 4.78 is 6.94. The fraction of sp³-hybridized carbons (Fsp3) is 0.0667. The molecule has 2 aromatic rings. The number of para-hydroxylation sites is 1. The van der Waals surface area contributed by atoms with Gasteiger partial charge in [-0.15, -0.1) is 0 Å². The van der Waals surface area contributed by atoms with Gasteiger partial charge >= 0.3 is 5.97 Å². The molecule has 1 atom stereocenters. The molecule has 0 aliphatic heterocycles. The number of benzene rings is 2. The Balaban J connectivity index is 2.30. The van der Waals surface area contributed by atoms with Crippen LogP contribution in [0, 0.1) is 0 Å². The minimum Gasteiger partial charge on any atom is -0.508 e. The van der Waals surface area contributed by atoms with E-state index in [4.69, 9.17) is 1.43 Å². The van der Waals surface area contributed by atoms with Gasteiger partial charge in [0.2, 0.25) is 0 Å². The molecule has 0 spiro atoms. The van der Waals surface area contributed by atoms with Crippen molar-refractivity contribution < 1.29 is 20.1 Å². The summed E-state index contributed by atoms with van der Waals surface area (Å²) in [4.78, 5) is 15.3. The molecular formula is C15H13NO4. The lowest BCUT2D eigenvalue weighted by molar-refractivity contribution is -0.138. The molecule has 0 saturated heterocycles. The third kappa shape index (κ3) is 3.14. The molecule has 0 bridgehead atoms. The average molecular weight is 272 g/mol. The molecule has 0 radical (unpaired) electrons. The highest BCUT2D eigenvalue weighted by atomic mass is 16.4. The summed E-state index contributed by atoms with van der Waals surface area (Å²) in [6, 6.07) is 11.4. The number of aliphatic imine (C=N–C) groups is 1. The van der Waals surface area contributed by atoms with Crippen LogP contribution in [0.4, 0.5) is 0 Å². The van der Waals surface area contributed by atoms with E-state index in [0.29, 0.717) is 11.1 Å². The maximum Gasteiger partial charge on any atom is 0.333 e. The summed E-state index contributed by atoms with van der Waals surface area (Å²) in [6.07, 6.45) is 1.36. The van der Waals surface area contributed by atoms with Crippen molar-refractivity contribution in [2.45, 2.75) is 6.04 Å². The van der Waals surface area contributed by atoms with Crippen molar-refractivity contribution in [3.8, 4) is 11.5 Å². The zero-order valence-corrected chi connectivity index (χ0v) is 10.4. The number of aliphatic carboxylic acids is 1. The summed E-state index contributed by atoms with van der Waals surface area (Å²) >= 11 is 0. The number of carboxylic acids is 1. The van der Waals surface area contributed by atoms with Gasteiger partial charge in [0, 0.05) is 11.8 Å². The molecule has 0 amide bonds. The molecule has 5 heteroatoms. The van der Waals surface area contributed by atoms with E-state index in [-0.39, 0.29) is 11.5 Å². The molecule has 0 fully saturated rings. The van der Waals surface area contributed by atoms with Crippen LogP contribution in [-0.4, -0.2) is 28.9 Å². The molecule has 0 aliphatic carbocycles. The first kappa shape index (κ1) is 12.2. The normalized spacial score (nSPS) is 12.9. The number of hydrogen-bond donors (Lipinski definition) is 3. The third-order valence-electron chi connectivity index (χ3n) is 2.72. The van der Waals surface area contributed by atoms with Crippen LogP contribution < -0.4 is 0 Å². The second kappa shape index (κ2) is 5.88. The SMILES string of the molecule is [2H]Oc1ccccc1C=NC(C(=O)O)c1ccc(O)cc1. The number of phenolic OH excluding ortho intramolecular Hbond substituents is 2. The Hall–Kier alpha value is -2.82. The maximum absolute atomic E-state index is 11.3. The van der Waals surface area contributed by atoms with Crippen molar-refractivity contribution in [2.24, 2.45) is 4.99 Å². The Kier molecular flexibility index (Phi) is 3.59. The Bertz CT molecular complexity index is 655. The highest BCUT2D eigenvalue weighted by molar-refractivity contribution is 5.86. The number of aromatic hydroxyl groups is 2. The van der Waals surface area contributed by atoms with Crippen LogP contribution in [0.15, 0.2) is 53.5 Å². The lowest BCUT2D eigenvalue weighted by Gasteiger charge is -2.08. The van der Waals surface area contributed by atoms with Gasteiger partial charge in [0.05, 0.1) is 0 Å². The van der Waals surface area contributed by atoms with E-state index >= 15 is 0 Å². The lowest BCUT2D eigenvalue weighted by atomic mass is 10.1. The number of nitrogens with zero attached hydrogens (tertiary/aromatic N) is 1. The fourth-order valence-corrected chi connectivity index (χ4v) is 1.69. The summed E-state index contributed by atoms with van der Waals surface area (Å²) in [5, 5.41) is 22.9. The van der Waals surface area contributed by atoms with Crippen LogP contribution in [0.25, 0.3) is 0 Å². The van der Waals surface area contributed by atoms with Crippen LogP contribution in [0.1, 0.15) is 17.2 Å². The van der Waals surface area contributed by atoms with Gasteiger partial charge in [-0.05, 0) is 29.8 Å². The fourth-order valence-electron chi connectivity index (χ4n) is 1.69. The highest BCUT2D eigenvalue weighted by Gasteiger charge is 2.17. The molecule has 2 aromatic carbocycles. The molecule has 1 unspecified atom stereocenters. The summed E-state index contributed by atoms with van der Waals surface area (Å²) in [5.41, 5.74) is 0.957. The van der Waals surface area contributed by atoms with E-state index in [9.17, 15) is 15.0 Å². The molecule has 0 aliphatic rings. The minimum atomic E-state index is -1.11. The quantitative estimate of drug-likeness (QED) is 0.729. The molecule has 0 aromatic heterocycles. The largest absolute Gasteiger partial charge is 0.508 e. The van der Waals surface area contributed by atoms with Crippen LogP contribution in [-0.2, 0) is 4.79 Å². The van der Waals surface area contributed by atoms with Gasteiger partial charge in [0.25, 0.3) is 1.43 Å². The van der Waals surface area contributed by atoms with Crippen molar-refractivity contribution in [1.82, 2.24) is 0 Å². The zero-order chi connectivity index (χ0) is 15.2. The van der Waals surface area contributed by atoms with Crippen molar-refractivity contribution in [3.63, 3.8) is 0 Å². The molecule has 0 saturated carbocycles. The molecule has 20 heavy (non-hydrogen) atoms. The number of hydrogen-bond acceptors (Lipinski definition) is 4. The van der Waals surface area contributed by atoms with Gasteiger partial charge in [-0.25, -0.2) is 4.79 Å². The zero-order valence-electron chi connectivity index (χ0n) is 11.4. The van der Waals surface area contributed by atoms with Crippen molar-refractivity contribution in [2.75, 3.05) is 0 Å². The number of carbonyl (C=O) groups is 1. The van der Waals surface area contributed by atoms with E-state index in [1.807, 2.05) is 0 Å². The molecule has 3 N–H and O–H groups in total. The van der Waals surface area contributed by atoms with Gasteiger partial charge in [0.15, 0.2) is 6.04 Å². The first-order valence-corrected chi connectivity index (χ1v) is 5.89. The average Bonchev–Trinajstić information content (AvgIpc) is 2.49. The van der Waals surface area contributed by atoms with Crippen molar-refractivity contribution in [1.29, 1.82) is 1.43 Å². The first-order valence-electron chi connectivity index (χ1n) is 6.29. The lowest BCUT2D eigenvalue weighted by Crippen LogP contribution is -2.09. The van der Waals surface area contributed by atoms with Gasteiger partial charge in [-0.3, -0.25) is 4.99 Å². The predicted molar refractivity (Wildman–Crippen MR) is 74.2 cm³/mol. The standard InChI is InChI=1S/C15H13NO4/c17-12-7-5-10(6-8-12)14(15(19)20)16-9-11-3-1-2-4-13(11)18/h1-9,14,17-18H,(H,19,20)/i/hD. The van der Waals surface area contributed by atoms with Gasteiger partial charge in [-0.1, -0.05) is 24.3 Å². The maximum atomic E-state index is 11.3. The monoisotopic (exact) mass is 272 g/mol. The molecule has 5 nitrogen and oxygen atoms in total. The van der Waals surface area contributed by atoms with Crippen LogP contribution in [0.3, 0.4) is 0 Å². The summed E-state index contributed by atoms with van der Waals surface area (Å²) in [6.45, 7) is 0. The van der Waals surface area contributed by atoms with E-state index in [0.717, 1.165) is 0 Å². The van der Waals surface area contributed by atoms with Crippen LogP contribution in [0.5, 0.6) is 11.5 Å². The van der Waals surface area contributed by atoms with E-state index in [2.05, 4.69) is 10.1 Å². The van der Waals surface area contributed by atoms with Gasteiger partial charge in [0.1, 0.15) is 11.5 Å². The van der Waals surface area contributed by atoms with Crippen molar-refractivity contribution in [3.05, 3.63) is 59.7 Å². The molecule has 0 heterocycles. The number of rotatable bonds is 5. The number of phenols is 2. The van der Waals surface area contributed by atoms with Gasteiger partial charge in [-0.2, -0.15) is 0 Å². The van der Waals surface area contributed by atoms with Crippen LogP contribution in [0.2, 0.25) is 0 Å². The van der Waals surface area contributed by atoms with Gasteiger partial charge < -0.3 is 15.3 Å². The summed E-state index contributed by atoms with van der Waals surface area (Å²) in [7, 11) is 0. The Morgan fingerprint density at radius 3 is 2.55 bits per heavy atom. The predicted octanol–water partition coefficient (Wildman–Crippen LogP) is 2.34. The molecule has 2 rings (SSSR count). The second-order valence-electron chi connectivity index (χ2n) is 4.15. The number of carboxylic acid groups (broad SMARTS) is 1. The Morgan fingerprint density at radius 2 is 1.90 bits per heavy atom. The topological polar surface area (TPSA) is 90.1 Å². The minimum absolute atomic E-state index is 0.0554. The first-order chi connectivity index (χ1) is 10.1.